The molecule has 2 aliphatic rings. The van der Waals surface area contributed by atoms with E-state index in [1.165, 1.54) is 0 Å². The number of alkyl halides is 2. The number of aromatic nitrogens is 2. The van der Waals surface area contributed by atoms with Gasteiger partial charge < -0.3 is 4.90 Å². The van der Waals surface area contributed by atoms with Crippen molar-refractivity contribution in [3.05, 3.63) is 53.3 Å². The maximum Gasteiger partial charge on any atom is 0.253 e. The molecule has 1 saturated heterocycles. The summed E-state index contributed by atoms with van der Waals surface area (Å²) in [5.74, 6) is -2.60. The van der Waals surface area contributed by atoms with Crippen LogP contribution in [0, 0.1) is 6.92 Å². The molecule has 2 heterocycles. The zero-order valence-electron chi connectivity index (χ0n) is 14.9. The van der Waals surface area contributed by atoms with E-state index in [0.29, 0.717) is 12.1 Å². The van der Waals surface area contributed by atoms with Gasteiger partial charge in [-0.2, -0.15) is 5.10 Å². The third-order valence-electron chi connectivity index (χ3n) is 5.52. The predicted molar refractivity (Wildman–Crippen MR) is 94.5 cm³/mol. The molecule has 1 atom stereocenters. The maximum absolute atomic E-state index is 13.0. The highest BCUT2D eigenvalue weighted by Crippen LogP contribution is 2.48. The van der Waals surface area contributed by atoms with Crippen molar-refractivity contribution in [2.24, 2.45) is 0 Å². The average molecular weight is 359 g/mol. The Bertz CT molecular complexity index is 792. The summed E-state index contributed by atoms with van der Waals surface area (Å²) in [6.07, 6.45) is 3.76. The highest BCUT2D eigenvalue weighted by Gasteiger charge is 2.45. The van der Waals surface area contributed by atoms with Gasteiger partial charge in [0.05, 0.1) is 11.7 Å². The van der Waals surface area contributed by atoms with E-state index in [-0.39, 0.29) is 30.7 Å². The van der Waals surface area contributed by atoms with Gasteiger partial charge in [0.25, 0.3) is 5.91 Å². The number of benzene rings is 1. The van der Waals surface area contributed by atoms with Gasteiger partial charge in [-0.3, -0.25) is 9.48 Å². The number of halogens is 2. The van der Waals surface area contributed by atoms with Crippen molar-refractivity contribution in [1.29, 1.82) is 0 Å². The molecule has 0 N–H and O–H groups in total. The molecule has 2 fully saturated rings. The zero-order valence-corrected chi connectivity index (χ0v) is 14.9. The van der Waals surface area contributed by atoms with Crippen LogP contribution >= 0.6 is 0 Å². The van der Waals surface area contributed by atoms with Crippen LogP contribution in [0.1, 0.15) is 59.3 Å². The minimum Gasteiger partial charge on any atom is -0.337 e. The summed E-state index contributed by atoms with van der Waals surface area (Å²) in [6, 6.07) is 9.38. The summed E-state index contributed by atoms with van der Waals surface area (Å²) in [5, 5.41) is 4.48. The first-order chi connectivity index (χ1) is 12.4. The summed E-state index contributed by atoms with van der Waals surface area (Å²) in [7, 11) is 0. The lowest BCUT2D eigenvalue weighted by Crippen LogP contribution is -2.40. The molecule has 4 rings (SSSR count). The minimum absolute atomic E-state index is 0.00377. The number of hydrogen-bond donors (Lipinski definition) is 0. The summed E-state index contributed by atoms with van der Waals surface area (Å²) in [4.78, 5) is 14.7. The Hall–Kier alpha value is -2.24. The average Bonchev–Trinajstić information content (AvgIpc) is 3.06. The number of aryl methyl sites for hydroxylation is 1. The van der Waals surface area contributed by atoms with Crippen molar-refractivity contribution in [3.63, 3.8) is 0 Å². The van der Waals surface area contributed by atoms with Gasteiger partial charge in [0.15, 0.2) is 0 Å². The zero-order chi connectivity index (χ0) is 18.3. The molecule has 1 unspecified atom stereocenters. The lowest BCUT2D eigenvalue weighted by molar-refractivity contribution is -0.0867. The van der Waals surface area contributed by atoms with Crippen molar-refractivity contribution in [1.82, 2.24) is 14.7 Å². The molecule has 1 saturated carbocycles. The third kappa shape index (κ3) is 3.37. The summed E-state index contributed by atoms with van der Waals surface area (Å²) < 4.78 is 28.0. The van der Waals surface area contributed by atoms with Gasteiger partial charge in [-0.15, -0.1) is 0 Å². The predicted octanol–water partition coefficient (Wildman–Crippen LogP) is 4.18. The molecule has 26 heavy (non-hydrogen) atoms. The van der Waals surface area contributed by atoms with E-state index in [2.05, 4.69) is 5.10 Å². The Morgan fingerprint density at radius 1 is 1.19 bits per heavy atom. The maximum atomic E-state index is 13.0. The van der Waals surface area contributed by atoms with Crippen LogP contribution in [-0.2, 0) is 0 Å². The standard InChI is InChI=1S/C20H23F2N3O/c1-14-8-10-25(23-14)18-3-2-9-24(13-18)19(26)16-6-4-15(5-7-16)17-11-20(21,22)12-17/h4-8,10,17-18H,2-3,9,11-13H2,1H3. The Kier molecular flexibility index (Phi) is 4.29. The number of amides is 1. The molecule has 0 bridgehead atoms. The van der Waals surface area contributed by atoms with E-state index in [1.54, 1.807) is 12.1 Å². The van der Waals surface area contributed by atoms with E-state index in [9.17, 15) is 13.6 Å². The number of rotatable bonds is 3. The molecular formula is C20H23F2N3O. The van der Waals surface area contributed by atoms with E-state index in [1.807, 2.05) is 40.9 Å². The fourth-order valence-corrected chi connectivity index (χ4v) is 3.97. The quantitative estimate of drug-likeness (QED) is 0.824. The van der Waals surface area contributed by atoms with Crippen LogP contribution in [0.4, 0.5) is 8.78 Å². The second-order valence-corrected chi connectivity index (χ2v) is 7.57. The Balaban J connectivity index is 1.42. The van der Waals surface area contributed by atoms with E-state index < -0.39 is 5.92 Å². The van der Waals surface area contributed by atoms with Crippen LogP contribution in [0.2, 0.25) is 0 Å². The number of carbonyl (C=O) groups excluding carboxylic acids is 1. The van der Waals surface area contributed by atoms with Crippen LogP contribution in [0.25, 0.3) is 0 Å². The molecule has 1 amide bonds. The molecule has 6 heteroatoms. The Labute approximate surface area is 151 Å². The molecule has 4 nitrogen and oxygen atoms in total. The van der Waals surface area contributed by atoms with Gasteiger partial charge in [-0.25, -0.2) is 8.78 Å². The van der Waals surface area contributed by atoms with Crippen LogP contribution in [0.3, 0.4) is 0 Å². The molecule has 1 aliphatic carbocycles. The summed E-state index contributed by atoms with van der Waals surface area (Å²) in [5.41, 5.74) is 2.50. The first-order valence-corrected chi connectivity index (χ1v) is 9.20. The first-order valence-electron chi connectivity index (χ1n) is 9.20. The minimum atomic E-state index is -2.52. The third-order valence-corrected chi connectivity index (χ3v) is 5.52. The van der Waals surface area contributed by atoms with Gasteiger partial charge in [0.1, 0.15) is 0 Å². The van der Waals surface area contributed by atoms with E-state index >= 15 is 0 Å². The van der Waals surface area contributed by atoms with E-state index in [0.717, 1.165) is 30.6 Å². The van der Waals surface area contributed by atoms with Crippen LogP contribution in [-0.4, -0.2) is 39.6 Å². The molecule has 1 aliphatic heterocycles. The van der Waals surface area contributed by atoms with Gasteiger partial charge in [-0.1, -0.05) is 12.1 Å². The fraction of sp³-hybridized carbons (Fsp3) is 0.500. The lowest BCUT2D eigenvalue weighted by atomic mass is 9.76. The van der Waals surface area contributed by atoms with E-state index in [4.69, 9.17) is 0 Å². The summed E-state index contributed by atoms with van der Waals surface area (Å²) in [6.45, 7) is 3.35. The molecule has 1 aromatic heterocycles. The summed E-state index contributed by atoms with van der Waals surface area (Å²) >= 11 is 0. The number of carbonyl (C=O) groups is 1. The first kappa shape index (κ1) is 17.2. The van der Waals surface area contributed by atoms with Crippen LogP contribution in [0.15, 0.2) is 36.5 Å². The molecule has 1 aromatic carbocycles. The Morgan fingerprint density at radius 2 is 1.92 bits per heavy atom. The molecule has 0 spiro atoms. The van der Waals surface area contributed by atoms with Gasteiger partial charge in [0.2, 0.25) is 5.92 Å². The number of piperidine rings is 1. The smallest absolute Gasteiger partial charge is 0.253 e. The van der Waals surface area contributed by atoms with Crippen molar-refractivity contribution >= 4 is 5.91 Å². The highest BCUT2D eigenvalue weighted by atomic mass is 19.3. The van der Waals surface area contributed by atoms with Gasteiger partial charge in [0, 0.05) is 37.7 Å². The van der Waals surface area contributed by atoms with Gasteiger partial charge in [-0.05, 0) is 49.4 Å². The van der Waals surface area contributed by atoms with Crippen molar-refractivity contribution in [3.8, 4) is 0 Å². The number of hydrogen-bond acceptors (Lipinski definition) is 2. The lowest BCUT2D eigenvalue weighted by Gasteiger charge is -2.35. The fourth-order valence-electron chi connectivity index (χ4n) is 3.97. The van der Waals surface area contributed by atoms with Crippen molar-refractivity contribution < 1.29 is 13.6 Å². The topological polar surface area (TPSA) is 38.1 Å². The monoisotopic (exact) mass is 359 g/mol. The second-order valence-electron chi connectivity index (χ2n) is 7.57. The highest BCUT2D eigenvalue weighted by molar-refractivity contribution is 5.94. The van der Waals surface area contributed by atoms with Crippen molar-refractivity contribution in [2.75, 3.05) is 13.1 Å². The van der Waals surface area contributed by atoms with Crippen LogP contribution < -0.4 is 0 Å². The number of nitrogens with zero attached hydrogens (tertiary/aromatic N) is 3. The number of likely N-dealkylation sites (tertiary alicyclic amines) is 1. The van der Waals surface area contributed by atoms with Crippen LogP contribution in [0.5, 0.6) is 0 Å². The largest absolute Gasteiger partial charge is 0.337 e. The molecule has 2 aromatic rings. The van der Waals surface area contributed by atoms with Crippen molar-refractivity contribution in [2.45, 2.75) is 50.5 Å². The Morgan fingerprint density at radius 3 is 2.54 bits per heavy atom. The SMILES string of the molecule is Cc1ccn(C2CCCN(C(=O)c3ccc(C4CC(F)(F)C4)cc3)C2)n1. The molecular weight excluding hydrogens is 336 g/mol. The molecule has 138 valence electrons. The second kappa shape index (κ2) is 6.49. The normalized spacial score (nSPS) is 22.9. The molecule has 0 radical (unpaired) electrons. The van der Waals surface area contributed by atoms with Gasteiger partial charge >= 0.3 is 0 Å².